The third-order valence-corrected chi connectivity index (χ3v) is 4.06. The molecule has 24 heavy (non-hydrogen) atoms. The Balaban J connectivity index is 1.82. The van der Waals surface area contributed by atoms with Crippen LogP contribution < -0.4 is 9.47 Å². The zero-order chi connectivity index (χ0) is 16.9. The molecule has 6 heteroatoms. The van der Waals surface area contributed by atoms with E-state index in [-0.39, 0.29) is 0 Å². The number of methoxy groups -OCH3 is 2. The van der Waals surface area contributed by atoms with Gasteiger partial charge in [-0.05, 0) is 51.8 Å². The molecule has 0 spiro atoms. The average molecular weight is 387 g/mol. The molecule has 0 atom stereocenters. The zero-order valence-corrected chi connectivity index (χ0v) is 14.8. The van der Waals surface area contributed by atoms with E-state index >= 15 is 0 Å². The minimum atomic E-state index is 0.426. The van der Waals surface area contributed by atoms with Gasteiger partial charge in [-0.25, -0.2) is 0 Å². The standard InChI is InChI=1S/C18H15BrN2O3/c1-22-15-9-7-12(11-16(15)23-2)8-10-17-20-21-18(24-17)13-5-3-4-6-14(13)19/h3-11H,1-2H3/b10-8+. The van der Waals surface area contributed by atoms with Crippen molar-refractivity contribution in [1.29, 1.82) is 0 Å². The first kappa shape index (κ1) is 16.3. The Labute approximate surface area is 148 Å². The van der Waals surface area contributed by atoms with Crippen LogP contribution in [0.5, 0.6) is 11.5 Å². The largest absolute Gasteiger partial charge is 0.493 e. The molecule has 0 fully saturated rings. The SMILES string of the molecule is COc1ccc(/C=C/c2nnc(-c3ccccc3Br)o2)cc1OC. The van der Waals surface area contributed by atoms with Crippen molar-refractivity contribution >= 4 is 28.1 Å². The lowest BCUT2D eigenvalue weighted by Crippen LogP contribution is -1.90. The molecule has 3 aromatic rings. The highest BCUT2D eigenvalue weighted by Crippen LogP contribution is 2.29. The van der Waals surface area contributed by atoms with Crippen molar-refractivity contribution in [1.82, 2.24) is 10.2 Å². The van der Waals surface area contributed by atoms with Gasteiger partial charge in [0.15, 0.2) is 11.5 Å². The molecule has 0 radical (unpaired) electrons. The summed E-state index contributed by atoms with van der Waals surface area (Å²) in [5, 5.41) is 8.12. The fourth-order valence-electron chi connectivity index (χ4n) is 2.17. The molecule has 1 heterocycles. The first-order chi connectivity index (χ1) is 11.7. The molecule has 0 saturated carbocycles. The van der Waals surface area contributed by atoms with Gasteiger partial charge < -0.3 is 13.9 Å². The van der Waals surface area contributed by atoms with Gasteiger partial charge in [0.25, 0.3) is 0 Å². The molecule has 0 unspecified atom stereocenters. The number of aromatic nitrogens is 2. The van der Waals surface area contributed by atoms with E-state index in [9.17, 15) is 0 Å². The van der Waals surface area contributed by atoms with Crippen LogP contribution in [0.25, 0.3) is 23.6 Å². The summed E-state index contributed by atoms with van der Waals surface area (Å²) in [5.74, 6) is 2.24. The molecule has 2 aromatic carbocycles. The molecule has 5 nitrogen and oxygen atoms in total. The third kappa shape index (κ3) is 3.49. The van der Waals surface area contributed by atoms with Crippen molar-refractivity contribution < 1.29 is 13.9 Å². The van der Waals surface area contributed by atoms with E-state index in [1.54, 1.807) is 20.3 Å². The second-order valence-corrected chi connectivity index (χ2v) is 5.73. The minimum Gasteiger partial charge on any atom is -0.493 e. The maximum absolute atomic E-state index is 5.68. The van der Waals surface area contributed by atoms with Crippen LogP contribution >= 0.6 is 15.9 Å². The number of hydrogen-bond acceptors (Lipinski definition) is 5. The van der Waals surface area contributed by atoms with Gasteiger partial charge in [-0.3, -0.25) is 0 Å². The van der Waals surface area contributed by atoms with E-state index in [0.29, 0.717) is 23.3 Å². The van der Waals surface area contributed by atoms with E-state index in [1.807, 2.05) is 48.5 Å². The van der Waals surface area contributed by atoms with Crippen molar-refractivity contribution in [2.75, 3.05) is 14.2 Å². The highest BCUT2D eigenvalue weighted by molar-refractivity contribution is 9.10. The summed E-state index contributed by atoms with van der Waals surface area (Å²) >= 11 is 3.48. The molecule has 0 aliphatic heterocycles. The highest BCUT2D eigenvalue weighted by Gasteiger charge is 2.09. The fourth-order valence-corrected chi connectivity index (χ4v) is 2.62. The lowest BCUT2D eigenvalue weighted by atomic mass is 10.2. The molecule has 122 valence electrons. The smallest absolute Gasteiger partial charge is 0.249 e. The number of hydrogen-bond donors (Lipinski definition) is 0. The summed E-state index contributed by atoms with van der Waals surface area (Å²) < 4.78 is 17.1. The summed E-state index contributed by atoms with van der Waals surface area (Å²) in [6.45, 7) is 0. The van der Waals surface area contributed by atoms with Crippen molar-refractivity contribution in [3.05, 3.63) is 58.4 Å². The number of benzene rings is 2. The minimum absolute atomic E-state index is 0.426. The number of rotatable bonds is 5. The van der Waals surface area contributed by atoms with E-state index in [1.165, 1.54) is 0 Å². The van der Waals surface area contributed by atoms with Crippen LogP contribution in [-0.4, -0.2) is 24.4 Å². The summed E-state index contributed by atoms with van der Waals surface area (Å²) in [6.07, 6.45) is 3.63. The molecule has 0 amide bonds. The average Bonchev–Trinajstić information content (AvgIpc) is 3.08. The van der Waals surface area contributed by atoms with Gasteiger partial charge in [-0.1, -0.05) is 18.2 Å². The van der Waals surface area contributed by atoms with Gasteiger partial charge in [-0.15, -0.1) is 10.2 Å². The van der Waals surface area contributed by atoms with E-state index < -0.39 is 0 Å². The molecular formula is C18H15BrN2O3. The summed E-state index contributed by atoms with van der Waals surface area (Å²) in [4.78, 5) is 0. The monoisotopic (exact) mass is 386 g/mol. The number of ether oxygens (including phenoxy) is 2. The van der Waals surface area contributed by atoms with Crippen LogP contribution in [0, 0.1) is 0 Å². The summed E-state index contributed by atoms with van der Waals surface area (Å²) in [6, 6.07) is 13.3. The molecule has 1 aromatic heterocycles. The van der Waals surface area contributed by atoms with Crippen LogP contribution in [0.4, 0.5) is 0 Å². The van der Waals surface area contributed by atoms with E-state index in [4.69, 9.17) is 13.9 Å². The zero-order valence-electron chi connectivity index (χ0n) is 13.2. The Bertz CT molecular complexity index is 874. The number of nitrogens with zero attached hydrogens (tertiary/aromatic N) is 2. The van der Waals surface area contributed by atoms with Crippen LogP contribution in [0.15, 0.2) is 51.4 Å². The quantitative estimate of drug-likeness (QED) is 0.636. The first-order valence-corrected chi connectivity index (χ1v) is 7.99. The number of halogens is 1. The van der Waals surface area contributed by atoms with Crippen molar-refractivity contribution in [3.63, 3.8) is 0 Å². The second kappa shape index (κ2) is 7.31. The van der Waals surface area contributed by atoms with Crippen LogP contribution in [0.1, 0.15) is 11.5 Å². The lowest BCUT2D eigenvalue weighted by Gasteiger charge is -2.07. The maximum atomic E-state index is 5.68. The van der Waals surface area contributed by atoms with Crippen LogP contribution in [0.2, 0.25) is 0 Å². The van der Waals surface area contributed by atoms with E-state index in [0.717, 1.165) is 15.6 Å². The Hall–Kier alpha value is -2.60. The normalized spacial score (nSPS) is 11.0. The molecule has 0 N–H and O–H groups in total. The Morgan fingerprint density at radius 1 is 0.958 bits per heavy atom. The Kier molecular flexibility index (Phi) is 4.96. The Morgan fingerprint density at radius 2 is 1.75 bits per heavy atom. The van der Waals surface area contributed by atoms with Crippen LogP contribution in [0.3, 0.4) is 0 Å². The molecular weight excluding hydrogens is 372 g/mol. The van der Waals surface area contributed by atoms with Gasteiger partial charge in [0, 0.05) is 10.5 Å². The van der Waals surface area contributed by atoms with Crippen molar-refractivity contribution in [3.8, 4) is 23.0 Å². The summed E-state index contributed by atoms with van der Waals surface area (Å²) in [5.41, 5.74) is 1.80. The Morgan fingerprint density at radius 3 is 2.50 bits per heavy atom. The van der Waals surface area contributed by atoms with Crippen molar-refractivity contribution in [2.45, 2.75) is 0 Å². The highest BCUT2D eigenvalue weighted by atomic mass is 79.9. The third-order valence-electron chi connectivity index (χ3n) is 3.37. The lowest BCUT2D eigenvalue weighted by molar-refractivity contribution is 0.355. The molecule has 0 aliphatic rings. The second-order valence-electron chi connectivity index (χ2n) is 4.87. The maximum Gasteiger partial charge on any atom is 0.249 e. The molecule has 3 rings (SSSR count). The summed E-state index contributed by atoms with van der Waals surface area (Å²) in [7, 11) is 3.21. The van der Waals surface area contributed by atoms with E-state index in [2.05, 4.69) is 26.1 Å². The fraction of sp³-hybridized carbons (Fsp3) is 0.111. The van der Waals surface area contributed by atoms with Crippen LogP contribution in [-0.2, 0) is 0 Å². The van der Waals surface area contributed by atoms with Crippen molar-refractivity contribution in [2.24, 2.45) is 0 Å². The van der Waals surface area contributed by atoms with Gasteiger partial charge in [0.05, 0.1) is 19.8 Å². The molecule has 0 aliphatic carbocycles. The predicted molar refractivity (Wildman–Crippen MR) is 95.9 cm³/mol. The van der Waals surface area contributed by atoms with Gasteiger partial charge in [-0.2, -0.15) is 0 Å². The predicted octanol–water partition coefficient (Wildman–Crippen LogP) is 4.69. The van der Waals surface area contributed by atoms with Gasteiger partial charge in [0.1, 0.15) is 0 Å². The molecule has 0 bridgehead atoms. The molecule has 0 saturated heterocycles. The van der Waals surface area contributed by atoms with Gasteiger partial charge in [0.2, 0.25) is 11.8 Å². The van der Waals surface area contributed by atoms with Gasteiger partial charge >= 0.3 is 0 Å². The topological polar surface area (TPSA) is 57.4 Å². The first-order valence-electron chi connectivity index (χ1n) is 7.20.